The molecule has 0 aromatic heterocycles. The minimum atomic E-state index is -3.83. The second-order valence-corrected chi connectivity index (χ2v) is 8.60. The van der Waals surface area contributed by atoms with Crippen LogP contribution in [-0.4, -0.2) is 24.5 Å². The van der Waals surface area contributed by atoms with Gasteiger partial charge in [0, 0.05) is 10.6 Å². The van der Waals surface area contributed by atoms with Crippen molar-refractivity contribution < 1.29 is 13.2 Å². The Kier molecular flexibility index (Phi) is 4.60. The molecule has 1 unspecified atom stereocenters. The number of ketones is 1. The van der Waals surface area contributed by atoms with Gasteiger partial charge in [0.05, 0.1) is 10.9 Å². The van der Waals surface area contributed by atoms with Crippen molar-refractivity contribution in [1.82, 2.24) is 4.31 Å². The summed E-state index contributed by atoms with van der Waals surface area (Å²) in [6, 6.07) is 22.7. The molecule has 3 aromatic rings. The third-order valence-electron chi connectivity index (χ3n) is 4.61. The smallest absolute Gasteiger partial charge is 0.244 e. The van der Waals surface area contributed by atoms with Crippen LogP contribution in [0.25, 0.3) is 0 Å². The Balaban J connectivity index is 1.75. The van der Waals surface area contributed by atoms with Gasteiger partial charge in [-0.2, -0.15) is 4.31 Å². The van der Waals surface area contributed by atoms with Gasteiger partial charge in [-0.15, -0.1) is 0 Å². The van der Waals surface area contributed by atoms with Gasteiger partial charge in [-0.1, -0.05) is 72.3 Å². The van der Waals surface area contributed by atoms with Crippen LogP contribution < -0.4 is 0 Å². The molecule has 0 aliphatic carbocycles. The molecule has 136 valence electrons. The molecule has 6 heteroatoms. The van der Waals surface area contributed by atoms with Crippen LogP contribution in [0.4, 0.5) is 0 Å². The molecule has 4 rings (SSSR count). The Morgan fingerprint density at radius 3 is 1.96 bits per heavy atom. The fraction of sp³-hybridized carbons (Fsp3) is 0.0952. The van der Waals surface area contributed by atoms with Crippen LogP contribution in [0.1, 0.15) is 22.0 Å². The monoisotopic (exact) mass is 397 g/mol. The molecular weight excluding hydrogens is 382 g/mol. The number of Topliss-reactive ketones (excluding diaryl/α,β-unsaturated/α-hetero) is 1. The van der Waals surface area contributed by atoms with Crippen molar-refractivity contribution in [1.29, 1.82) is 0 Å². The predicted molar refractivity (Wildman–Crippen MR) is 104 cm³/mol. The highest BCUT2D eigenvalue weighted by Gasteiger charge is 2.60. The standard InChI is InChI=1S/C21H16ClNO3S/c22-17-11-13-18(14-12-17)27(25,26)23-19(15-7-3-1-4-8-15)20(23)21(24)16-9-5-2-6-10-16/h1-14,19-20H/t19-,20-,23?/m1/s1. The van der Waals surface area contributed by atoms with Gasteiger partial charge in [-0.25, -0.2) is 8.42 Å². The maximum absolute atomic E-state index is 13.2. The van der Waals surface area contributed by atoms with Crippen molar-refractivity contribution in [2.24, 2.45) is 0 Å². The first-order valence-corrected chi connectivity index (χ1v) is 10.3. The first-order chi connectivity index (χ1) is 13.0. The normalized spacial score (nSPS) is 21.6. The fourth-order valence-corrected chi connectivity index (χ4v) is 5.09. The SMILES string of the molecule is O=C(c1ccccc1)[C@H]1[C@@H](c2ccccc2)N1S(=O)(=O)c1ccc(Cl)cc1. The number of sulfonamides is 1. The molecule has 1 fully saturated rings. The number of carbonyl (C=O) groups is 1. The van der Waals surface area contributed by atoms with Crippen molar-refractivity contribution in [3.63, 3.8) is 0 Å². The van der Waals surface area contributed by atoms with Crippen LogP contribution >= 0.6 is 11.6 Å². The summed E-state index contributed by atoms with van der Waals surface area (Å²) in [7, 11) is -3.83. The van der Waals surface area contributed by atoms with Crippen LogP contribution in [0, 0.1) is 0 Å². The second-order valence-electron chi connectivity index (χ2n) is 6.32. The molecule has 0 spiro atoms. The van der Waals surface area contributed by atoms with Gasteiger partial charge in [-0.05, 0) is 29.8 Å². The summed E-state index contributed by atoms with van der Waals surface area (Å²) in [4.78, 5) is 13.1. The van der Waals surface area contributed by atoms with E-state index in [9.17, 15) is 13.2 Å². The summed E-state index contributed by atoms with van der Waals surface area (Å²) in [5.41, 5.74) is 1.29. The molecule has 1 aliphatic rings. The van der Waals surface area contributed by atoms with E-state index in [4.69, 9.17) is 11.6 Å². The number of rotatable bonds is 5. The Hall–Kier alpha value is -2.47. The lowest BCUT2D eigenvalue weighted by Gasteiger charge is -2.07. The summed E-state index contributed by atoms with van der Waals surface area (Å²) in [6.07, 6.45) is 0. The summed E-state index contributed by atoms with van der Waals surface area (Å²) in [6.45, 7) is 0. The maximum Gasteiger partial charge on any atom is 0.244 e. The lowest BCUT2D eigenvalue weighted by molar-refractivity contribution is 0.0981. The van der Waals surface area contributed by atoms with E-state index in [0.29, 0.717) is 10.6 Å². The molecule has 1 aliphatic heterocycles. The Morgan fingerprint density at radius 1 is 0.815 bits per heavy atom. The molecule has 27 heavy (non-hydrogen) atoms. The molecule has 0 amide bonds. The zero-order valence-electron chi connectivity index (χ0n) is 14.2. The number of carbonyl (C=O) groups excluding carboxylic acids is 1. The third kappa shape index (κ3) is 3.30. The molecule has 0 N–H and O–H groups in total. The maximum atomic E-state index is 13.2. The molecule has 1 heterocycles. The van der Waals surface area contributed by atoms with Crippen molar-refractivity contribution >= 4 is 27.4 Å². The van der Waals surface area contributed by atoms with E-state index in [-0.39, 0.29) is 10.7 Å². The largest absolute Gasteiger partial charge is 0.292 e. The summed E-state index contributed by atoms with van der Waals surface area (Å²) in [5, 5.41) is 0.455. The van der Waals surface area contributed by atoms with Gasteiger partial charge >= 0.3 is 0 Å². The Morgan fingerprint density at radius 2 is 1.37 bits per heavy atom. The van der Waals surface area contributed by atoms with Gasteiger partial charge in [-0.3, -0.25) is 4.79 Å². The summed E-state index contributed by atoms with van der Waals surface area (Å²) < 4.78 is 27.6. The Bertz CT molecular complexity index is 1070. The van der Waals surface area contributed by atoms with E-state index in [2.05, 4.69) is 0 Å². The van der Waals surface area contributed by atoms with Gasteiger partial charge in [0.25, 0.3) is 0 Å². The second kappa shape index (κ2) is 6.93. The Labute approximate surface area is 163 Å². The van der Waals surface area contributed by atoms with Gasteiger partial charge < -0.3 is 0 Å². The van der Waals surface area contributed by atoms with Crippen LogP contribution in [0.3, 0.4) is 0 Å². The van der Waals surface area contributed by atoms with Gasteiger partial charge in [0.2, 0.25) is 10.0 Å². The van der Waals surface area contributed by atoms with Crippen molar-refractivity contribution in [2.45, 2.75) is 17.0 Å². The van der Waals surface area contributed by atoms with Crippen molar-refractivity contribution in [3.05, 3.63) is 101 Å². The van der Waals surface area contributed by atoms with E-state index < -0.39 is 22.1 Å². The van der Waals surface area contributed by atoms with E-state index in [1.807, 2.05) is 36.4 Å². The lowest BCUT2D eigenvalue weighted by Crippen LogP contribution is -2.19. The van der Waals surface area contributed by atoms with Crippen LogP contribution in [0.2, 0.25) is 5.02 Å². The summed E-state index contributed by atoms with van der Waals surface area (Å²) in [5.74, 6) is -0.206. The van der Waals surface area contributed by atoms with Crippen LogP contribution in [0.15, 0.2) is 89.8 Å². The lowest BCUT2D eigenvalue weighted by atomic mass is 10.0. The molecular formula is C21H16ClNO3S. The molecule has 4 nitrogen and oxygen atoms in total. The van der Waals surface area contributed by atoms with Crippen LogP contribution in [-0.2, 0) is 10.0 Å². The minimum absolute atomic E-state index is 0.121. The molecule has 1 saturated heterocycles. The minimum Gasteiger partial charge on any atom is -0.292 e. The van der Waals surface area contributed by atoms with Crippen molar-refractivity contribution in [2.75, 3.05) is 0 Å². The molecule has 0 bridgehead atoms. The fourth-order valence-electron chi connectivity index (χ4n) is 3.25. The molecule has 3 aromatic carbocycles. The van der Waals surface area contributed by atoms with E-state index >= 15 is 0 Å². The number of halogens is 1. The van der Waals surface area contributed by atoms with Crippen molar-refractivity contribution in [3.8, 4) is 0 Å². The number of nitrogens with zero attached hydrogens (tertiary/aromatic N) is 1. The average molecular weight is 398 g/mol. The quantitative estimate of drug-likeness (QED) is 0.475. The first-order valence-electron chi connectivity index (χ1n) is 8.43. The number of benzene rings is 3. The highest BCUT2D eigenvalue weighted by molar-refractivity contribution is 7.89. The van der Waals surface area contributed by atoms with Gasteiger partial charge in [0.1, 0.15) is 6.04 Å². The zero-order valence-corrected chi connectivity index (χ0v) is 15.8. The van der Waals surface area contributed by atoms with E-state index in [1.165, 1.54) is 28.6 Å². The summed E-state index contributed by atoms with van der Waals surface area (Å²) >= 11 is 5.88. The first kappa shape index (κ1) is 17.9. The highest BCUT2D eigenvalue weighted by atomic mass is 35.5. The van der Waals surface area contributed by atoms with Gasteiger partial charge in [0.15, 0.2) is 5.78 Å². The highest BCUT2D eigenvalue weighted by Crippen LogP contribution is 2.49. The van der Waals surface area contributed by atoms with Crippen LogP contribution in [0.5, 0.6) is 0 Å². The van der Waals surface area contributed by atoms with E-state index in [0.717, 1.165) is 5.56 Å². The topological polar surface area (TPSA) is 54.2 Å². The average Bonchev–Trinajstić information content (AvgIpc) is 3.46. The zero-order chi connectivity index (χ0) is 19.0. The van der Waals surface area contributed by atoms with E-state index in [1.54, 1.807) is 24.3 Å². The molecule has 0 radical (unpaired) electrons. The predicted octanol–water partition coefficient (Wildman–Crippen LogP) is 4.34. The number of hydrogen-bond donors (Lipinski definition) is 0. The third-order valence-corrected chi connectivity index (χ3v) is 6.74. The molecule has 0 saturated carbocycles. The molecule has 3 atom stereocenters. The number of hydrogen-bond acceptors (Lipinski definition) is 3.